The molecule has 0 amide bonds. The van der Waals surface area contributed by atoms with Crippen molar-refractivity contribution >= 4 is 21.8 Å². The van der Waals surface area contributed by atoms with E-state index in [4.69, 9.17) is 4.74 Å². The molecule has 7 nitrogen and oxygen atoms in total. The summed E-state index contributed by atoms with van der Waals surface area (Å²) in [4.78, 5) is 12.2. The second-order valence-corrected chi connectivity index (χ2v) is 6.94. The molecule has 0 atom stereocenters. The Hall–Kier alpha value is -2.35. The van der Waals surface area contributed by atoms with Crippen LogP contribution in [0.3, 0.4) is 0 Å². The number of benzene rings is 1. The standard InChI is InChI=1S/C16H21N3O4S/c1-5-12-7-9-13(10-8-12)24(21,22)18-15-14(16(20)23-6-2)11(3)17-19(15)4/h7-10,18H,5-6H2,1-4H3. The zero-order chi connectivity index (χ0) is 17.9. The number of nitrogens with one attached hydrogen (secondary N) is 1. The van der Waals surface area contributed by atoms with Crippen molar-refractivity contribution in [2.45, 2.75) is 32.1 Å². The first-order chi connectivity index (χ1) is 11.3. The average Bonchev–Trinajstić information content (AvgIpc) is 2.81. The predicted octanol–water partition coefficient (Wildman–Crippen LogP) is 2.27. The number of sulfonamides is 1. The number of hydrogen-bond donors (Lipinski definition) is 1. The normalized spacial score (nSPS) is 11.3. The lowest BCUT2D eigenvalue weighted by Gasteiger charge is -2.11. The molecule has 8 heteroatoms. The van der Waals surface area contributed by atoms with Crippen LogP contribution in [0.15, 0.2) is 29.2 Å². The molecular formula is C16H21N3O4S. The summed E-state index contributed by atoms with van der Waals surface area (Å²) >= 11 is 0. The number of anilines is 1. The zero-order valence-corrected chi connectivity index (χ0v) is 15.0. The molecule has 0 radical (unpaired) electrons. The molecule has 0 saturated carbocycles. The summed E-state index contributed by atoms with van der Waals surface area (Å²) < 4.78 is 33.9. The quantitative estimate of drug-likeness (QED) is 0.806. The predicted molar refractivity (Wildman–Crippen MR) is 90.5 cm³/mol. The topological polar surface area (TPSA) is 90.3 Å². The third-order valence-electron chi connectivity index (χ3n) is 3.57. The van der Waals surface area contributed by atoms with E-state index in [1.54, 1.807) is 33.0 Å². The van der Waals surface area contributed by atoms with Gasteiger partial charge in [0.15, 0.2) is 5.82 Å². The molecule has 2 rings (SSSR count). The van der Waals surface area contributed by atoms with Gasteiger partial charge in [0.05, 0.1) is 17.2 Å². The molecule has 0 aliphatic carbocycles. The van der Waals surface area contributed by atoms with Crippen LogP contribution in [0.2, 0.25) is 0 Å². The number of aromatic nitrogens is 2. The Labute approximate surface area is 141 Å². The van der Waals surface area contributed by atoms with Gasteiger partial charge in [0.2, 0.25) is 0 Å². The van der Waals surface area contributed by atoms with E-state index in [1.165, 1.54) is 16.8 Å². The summed E-state index contributed by atoms with van der Waals surface area (Å²) in [7, 11) is -2.27. The highest BCUT2D eigenvalue weighted by molar-refractivity contribution is 7.92. The second kappa shape index (κ2) is 7.04. The number of hydrogen-bond acceptors (Lipinski definition) is 5. The number of carbonyl (C=O) groups excluding carboxylic acids is 1. The van der Waals surface area contributed by atoms with E-state index in [0.29, 0.717) is 5.69 Å². The van der Waals surface area contributed by atoms with Crippen molar-refractivity contribution < 1.29 is 17.9 Å². The molecule has 0 aliphatic rings. The number of aryl methyl sites for hydroxylation is 3. The van der Waals surface area contributed by atoms with Crippen LogP contribution in [0.4, 0.5) is 5.82 Å². The number of esters is 1. The highest BCUT2D eigenvalue weighted by Crippen LogP contribution is 2.23. The molecule has 0 bridgehead atoms. The summed E-state index contributed by atoms with van der Waals surface area (Å²) in [5.41, 5.74) is 1.56. The van der Waals surface area contributed by atoms with Gasteiger partial charge in [-0.2, -0.15) is 5.10 Å². The first kappa shape index (κ1) is 18.0. The maximum atomic E-state index is 12.6. The van der Waals surface area contributed by atoms with Crippen LogP contribution >= 0.6 is 0 Å². The Kier molecular flexibility index (Phi) is 5.28. The van der Waals surface area contributed by atoms with Gasteiger partial charge in [-0.1, -0.05) is 19.1 Å². The van der Waals surface area contributed by atoms with E-state index in [2.05, 4.69) is 9.82 Å². The summed E-state index contributed by atoms with van der Waals surface area (Å²) in [5.74, 6) is -0.521. The van der Waals surface area contributed by atoms with Crippen LogP contribution < -0.4 is 4.72 Å². The molecule has 1 aromatic carbocycles. The van der Waals surface area contributed by atoms with Gasteiger partial charge in [-0.25, -0.2) is 13.2 Å². The zero-order valence-electron chi connectivity index (χ0n) is 14.2. The maximum absolute atomic E-state index is 12.6. The Morgan fingerprint density at radius 3 is 2.42 bits per heavy atom. The maximum Gasteiger partial charge on any atom is 0.343 e. The molecule has 130 valence electrons. The molecule has 0 fully saturated rings. The van der Waals surface area contributed by atoms with Crippen LogP contribution in [0.25, 0.3) is 0 Å². The van der Waals surface area contributed by atoms with Crippen LogP contribution in [-0.2, 0) is 28.2 Å². The van der Waals surface area contributed by atoms with E-state index in [-0.39, 0.29) is 22.9 Å². The van der Waals surface area contributed by atoms with E-state index in [1.807, 2.05) is 6.92 Å². The average molecular weight is 351 g/mol. The fraction of sp³-hybridized carbons (Fsp3) is 0.375. The highest BCUT2D eigenvalue weighted by atomic mass is 32.2. The van der Waals surface area contributed by atoms with Gasteiger partial charge in [0.1, 0.15) is 5.56 Å². The minimum absolute atomic E-state index is 0.0884. The van der Waals surface area contributed by atoms with Crippen molar-refractivity contribution in [2.24, 2.45) is 7.05 Å². The summed E-state index contributed by atoms with van der Waals surface area (Å²) in [6, 6.07) is 6.59. The molecule has 1 N–H and O–H groups in total. The summed E-state index contributed by atoms with van der Waals surface area (Å²) in [6.45, 7) is 5.49. The lowest BCUT2D eigenvalue weighted by molar-refractivity contribution is 0.0527. The molecule has 0 spiro atoms. The molecule has 0 saturated heterocycles. The lowest BCUT2D eigenvalue weighted by Crippen LogP contribution is -2.18. The van der Waals surface area contributed by atoms with Crippen molar-refractivity contribution in [1.82, 2.24) is 9.78 Å². The van der Waals surface area contributed by atoms with E-state index in [0.717, 1.165) is 12.0 Å². The molecule has 24 heavy (non-hydrogen) atoms. The number of rotatable bonds is 6. The highest BCUT2D eigenvalue weighted by Gasteiger charge is 2.25. The fourth-order valence-electron chi connectivity index (χ4n) is 2.31. The van der Waals surface area contributed by atoms with Gasteiger partial charge >= 0.3 is 5.97 Å². The molecule has 1 aromatic heterocycles. The van der Waals surface area contributed by atoms with Gasteiger partial charge in [0.25, 0.3) is 10.0 Å². The van der Waals surface area contributed by atoms with E-state index < -0.39 is 16.0 Å². The van der Waals surface area contributed by atoms with Gasteiger partial charge in [-0.15, -0.1) is 0 Å². The van der Waals surface area contributed by atoms with Gasteiger partial charge in [-0.05, 0) is 38.0 Å². The Morgan fingerprint density at radius 1 is 1.25 bits per heavy atom. The van der Waals surface area contributed by atoms with Crippen molar-refractivity contribution in [3.05, 3.63) is 41.1 Å². The van der Waals surface area contributed by atoms with Crippen LogP contribution in [0.5, 0.6) is 0 Å². The third kappa shape index (κ3) is 3.59. The number of carbonyl (C=O) groups is 1. The SMILES string of the molecule is CCOC(=O)c1c(C)nn(C)c1NS(=O)(=O)c1ccc(CC)cc1. The molecule has 1 heterocycles. The first-order valence-electron chi connectivity index (χ1n) is 7.62. The van der Waals surface area contributed by atoms with Crippen molar-refractivity contribution in [1.29, 1.82) is 0 Å². The fourth-order valence-corrected chi connectivity index (χ4v) is 3.41. The van der Waals surface area contributed by atoms with Crippen LogP contribution in [-0.4, -0.2) is 30.8 Å². The van der Waals surface area contributed by atoms with Gasteiger partial charge < -0.3 is 4.74 Å². The molecular weight excluding hydrogens is 330 g/mol. The second-order valence-electron chi connectivity index (χ2n) is 5.26. The number of ether oxygens (including phenoxy) is 1. The smallest absolute Gasteiger partial charge is 0.343 e. The van der Waals surface area contributed by atoms with Crippen LogP contribution in [0.1, 0.15) is 35.5 Å². The van der Waals surface area contributed by atoms with Gasteiger partial charge in [0, 0.05) is 7.05 Å². The van der Waals surface area contributed by atoms with Crippen LogP contribution in [0, 0.1) is 6.92 Å². The number of nitrogens with zero attached hydrogens (tertiary/aromatic N) is 2. The Balaban J connectivity index is 2.40. The first-order valence-corrected chi connectivity index (χ1v) is 9.11. The molecule has 0 unspecified atom stereocenters. The molecule has 0 aliphatic heterocycles. The summed E-state index contributed by atoms with van der Waals surface area (Å²) in [5, 5.41) is 4.11. The third-order valence-corrected chi connectivity index (χ3v) is 4.93. The molecule has 2 aromatic rings. The Bertz CT molecular complexity index is 839. The summed E-state index contributed by atoms with van der Waals surface area (Å²) in [6.07, 6.45) is 0.821. The van der Waals surface area contributed by atoms with Crippen molar-refractivity contribution in [3.8, 4) is 0 Å². The van der Waals surface area contributed by atoms with E-state index in [9.17, 15) is 13.2 Å². The monoisotopic (exact) mass is 351 g/mol. The largest absolute Gasteiger partial charge is 0.462 e. The van der Waals surface area contributed by atoms with Gasteiger partial charge in [-0.3, -0.25) is 9.40 Å². The van der Waals surface area contributed by atoms with Crippen molar-refractivity contribution in [2.75, 3.05) is 11.3 Å². The minimum Gasteiger partial charge on any atom is -0.462 e. The lowest BCUT2D eigenvalue weighted by atomic mass is 10.2. The van der Waals surface area contributed by atoms with Crippen molar-refractivity contribution in [3.63, 3.8) is 0 Å². The Morgan fingerprint density at radius 2 is 1.88 bits per heavy atom. The minimum atomic E-state index is -3.84. The van der Waals surface area contributed by atoms with E-state index >= 15 is 0 Å².